The first-order chi connectivity index (χ1) is 17.8. The van der Waals surface area contributed by atoms with Crippen LogP contribution in [0, 0.1) is 18.3 Å². The van der Waals surface area contributed by atoms with Gasteiger partial charge in [0.1, 0.15) is 0 Å². The molecule has 0 atom stereocenters. The summed E-state index contributed by atoms with van der Waals surface area (Å²) in [5.41, 5.74) is 6.54. The lowest BCUT2D eigenvalue weighted by Crippen LogP contribution is -2.41. The normalized spacial score (nSPS) is 16.0. The van der Waals surface area contributed by atoms with Crippen LogP contribution in [0.4, 0.5) is 10.5 Å². The Morgan fingerprint density at radius 2 is 1.78 bits per heavy atom. The zero-order valence-corrected chi connectivity index (χ0v) is 22.1. The van der Waals surface area contributed by atoms with Gasteiger partial charge in [0.2, 0.25) is 0 Å². The smallest absolute Gasteiger partial charge is 0.322 e. The predicted molar refractivity (Wildman–Crippen MR) is 145 cm³/mol. The molecule has 3 aromatic rings. The molecule has 7 heteroatoms. The third kappa shape index (κ3) is 4.62. The number of sulfone groups is 1. The number of anilines is 1. The Morgan fingerprint density at radius 1 is 1.05 bits per heavy atom. The summed E-state index contributed by atoms with van der Waals surface area (Å²) in [5, 5.41) is 12.7. The van der Waals surface area contributed by atoms with Crippen molar-refractivity contribution in [3.8, 4) is 17.2 Å². The van der Waals surface area contributed by atoms with Gasteiger partial charge in [0, 0.05) is 24.2 Å². The molecule has 1 saturated carbocycles. The quantitative estimate of drug-likeness (QED) is 0.462. The van der Waals surface area contributed by atoms with Crippen LogP contribution < -0.4 is 10.2 Å². The number of nitrogens with zero attached hydrogens (tertiary/aromatic N) is 2. The van der Waals surface area contributed by atoms with Gasteiger partial charge in [-0.2, -0.15) is 5.26 Å². The van der Waals surface area contributed by atoms with Crippen LogP contribution in [-0.4, -0.2) is 26.7 Å². The minimum Gasteiger partial charge on any atom is -0.334 e. The second-order valence-corrected chi connectivity index (χ2v) is 12.5. The van der Waals surface area contributed by atoms with Crippen LogP contribution in [0.5, 0.6) is 0 Å². The number of aryl methyl sites for hydroxylation is 1. The highest BCUT2D eigenvalue weighted by molar-refractivity contribution is 7.91. The maximum Gasteiger partial charge on any atom is 0.322 e. The molecule has 1 aliphatic heterocycles. The van der Waals surface area contributed by atoms with Gasteiger partial charge >= 0.3 is 6.03 Å². The predicted octanol–water partition coefficient (Wildman–Crippen LogP) is 5.87. The molecule has 6 nitrogen and oxygen atoms in total. The molecule has 3 aromatic carbocycles. The molecule has 1 heterocycles. The van der Waals surface area contributed by atoms with Crippen LogP contribution >= 0.6 is 0 Å². The van der Waals surface area contributed by atoms with Crippen LogP contribution in [-0.2, 0) is 21.8 Å². The molecule has 1 N–H and O–H groups in total. The summed E-state index contributed by atoms with van der Waals surface area (Å²) in [7, 11) is -3.25. The van der Waals surface area contributed by atoms with Gasteiger partial charge in [-0.25, -0.2) is 13.2 Å². The van der Waals surface area contributed by atoms with Gasteiger partial charge in [0.05, 0.1) is 22.3 Å². The second kappa shape index (κ2) is 9.68. The van der Waals surface area contributed by atoms with Crippen LogP contribution in [0.1, 0.15) is 54.9 Å². The molecule has 0 radical (unpaired) electrons. The fourth-order valence-electron chi connectivity index (χ4n) is 5.75. The SMILES string of the molecule is CCS(=O)(=O)c1ccc(CNC(=O)N2CC3(CCCC3)c3cc(-c4ccc(C)cc4C#N)ccc32)cc1. The molecule has 1 aliphatic carbocycles. The number of hydrogen-bond acceptors (Lipinski definition) is 4. The first-order valence-electron chi connectivity index (χ1n) is 12.8. The summed E-state index contributed by atoms with van der Waals surface area (Å²) in [5.74, 6) is 0.0582. The van der Waals surface area contributed by atoms with Crippen molar-refractivity contribution >= 4 is 21.6 Å². The maximum atomic E-state index is 13.4. The second-order valence-electron chi connectivity index (χ2n) is 10.2. The fourth-order valence-corrected chi connectivity index (χ4v) is 6.64. The summed E-state index contributed by atoms with van der Waals surface area (Å²) < 4.78 is 24.1. The van der Waals surface area contributed by atoms with Crippen molar-refractivity contribution in [1.82, 2.24) is 5.32 Å². The number of carbonyl (C=O) groups excluding carboxylic acids is 1. The lowest BCUT2D eigenvalue weighted by atomic mass is 9.79. The van der Waals surface area contributed by atoms with Gasteiger partial charge in [-0.3, -0.25) is 4.90 Å². The molecule has 37 heavy (non-hydrogen) atoms. The average Bonchev–Trinajstić information content (AvgIpc) is 3.52. The summed E-state index contributed by atoms with van der Waals surface area (Å²) in [6.07, 6.45) is 4.36. The highest BCUT2D eigenvalue weighted by Gasteiger charge is 2.46. The number of hydrogen-bond donors (Lipinski definition) is 1. The Bertz CT molecular complexity index is 1500. The van der Waals surface area contributed by atoms with Gasteiger partial charge in [0.15, 0.2) is 9.84 Å². The van der Waals surface area contributed by atoms with Gasteiger partial charge in [-0.05, 0) is 77.9 Å². The van der Waals surface area contributed by atoms with E-state index >= 15 is 0 Å². The molecule has 0 unspecified atom stereocenters. The highest BCUT2D eigenvalue weighted by Crippen LogP contribution is 2.51. The molecule has 0 bridgehead atoms. The van der Waals surface area contributed by atoms with Crippen molar-refractivity contribution in [2.45, 2.75) is 56.4 Å². The maximum absolute atomic E-state index is 13.4. The molecule has 2 amide bonds. The van der Waals surface area contributed by atoms with E-state index < -0.39 is 9.84 Å². The van der Waals surface area contributed by atoms with Crippen molar-refractivity contribution in [3.63, 3.8) is 0 Å². The van der Waals surface area contributed by atoms with E-state index in [1.54, 1.807) is 31.2 Å². The third-order valence-corrected chi connectivity index (χ3v) is 9.59. The molecule has 190 valence electrons. The lowest BCUT2D eigenvalue weighted by molar-refractivity contribution is 0.245. The number of urea groups is 1. The van der Waals surface area contributed by atoms with Crippen molar-refractivity contribution < 1.29 is 13.2 Å². The first kappa shape index (κ1) is 25.0. The average molecular weight is 514 g/mol. The van der Waals surface area contributed by atoms with Crippen molar-refractivity contribution in [2.75, 3.05) is 17.2 Å². The molecule has 0 aromatic heterocycles. The van der Waals surface area contributed by atoms with Crippen LogP contribution in [0.3, 0.4) is 0 Å². The van der Waals surface area contributed by atoms with E-state index in [0.29, 0.717) is 23.5 Å². The fraction of sp³-hybridized carbons (Fsp3) is 0.333. The van der Waals surface area contributed by atoms with Gasteiger partial charge in [0.25, 0.3) is 0 Å². The summed E-state index contributed by atoms with van der Waals surface area (Å²) in [4.78, 5) is 15.5. The number of fused-ring (bicyclic) bond motifs is 2. The highest BCUT2D eigenvalue weighted by atomic mass is 32.2. The zero-order chi connectivity index (χ0) is 26.2. The molecule has 0 saturated heterocycles. The Labute approximate surface area is 218 Å². The third-order valence-electron chi connectivity index (χ3n) is 7.84. The first-order valence-corrected chi connectivity index (χ1v) is 14.4. The summed E-state index contributed by atoms with van der Waals surface area (Å²) >= 11 is 0. The largest absolute Gasteiger partial charge is 0.334 e. The zero-order valence-electron chi connectivity index (χ0n) is 21.3. The monoisotopic (exact) mass is 513 g/mol. The number of nitrogens with one attached hydrogen (secondary N) is 1. The number of nitriles is 1. The van der Waals surface area contributed by atoms with Crippen molar-refractivity contribution in [3.05, 3.63) is 82.9 Å². The molecule has 1 spiro atoms. The Balaban J connectivity index is 1.40. The Hall–Kier alpha value is -3.63. The topological polar surface area (TPSA) is 90.3 Å². The minimum absolute atomic E-state index is 0.0582. The van der Waals surface area contributed by atoms with E-state index in [9.17, 15) is 18.5 Å². The summed E-state index contributed by atoms with van der Waals surface area (Å²) in [6.45, 7) is 4.57. The van der Waals surface area contributed by atoms with Crippen molar-refractivity contribution in [2.24, 2.45) is 0 Å². The van der Waals surface area contributed by atoms with Gasteiger partial charge < -0.3 is 5.32 Å². The number of rotatable bonds is 5. The van der Waals surface area contributed by atoms with Gasteiger partial charge in [-0.1, -0.05) is 50.1 Å². The van der Waals surface area contributed by atoms with E-state index in [0.717, 1.165) is 53.6 Å². The van der Waals surface area contributed by atoms with Crippen LogP contribution in [0.15, 0.2) is 65.6 Å². The van der Waals surface area contributed by atoms with Crippen LogP contribution in [0.2, 0.25) is 0 Å². The molecule has 2 aliphatic rings. The number of amides is 2. The van der Waals surface area contributed by atoms with Crippen LogP contribution in [0.25, 0.3) is 11.1 Å². The Morgan fingerprint density at radius 3 is 2.46 bits per heavy atom. The Kier molecular flexibility index (Phi) is 6.55. The van der Waals surface area contributed by atoms with Gasteiger partial charge in [-0.15, -0.1) is 0 Å². The molecular weight excluding hydrogens is 482 g/mol. The molecule has 1 fully saturated rings. The number of benzene rings is 3. The minimum atomic E-state index is -3.25. The van der Waals surface area contributed by atoms with E-state index in [1.165, 1.54) is 5.56 Å². The van der Waals surface area contributed by atoms with E-state index in [1.807, 2.05) is 42.2 Å². The molecular formula is C30H31N3O3S. The van der Waals surface area contributed by atoms with E-state index in [4.69, 9.17) is 0 Å². The van der Waals surface area contributed by atoms with Crippen molar-refractivity contribution in [1.29, 1.82) is 5.26 Å². The van der Waals surface area contributed by atoms with E-state index in [2.05, 4.69) is 17.5 Å². The van der Waals surface area contributed by atoms with E-state index in [-0.39, 0.29) is 17.2 Å². The molecule has 5 rings (SSSR count). The number of carbonyl (C=O) groups is 1. The summed E-state index contributed by atoms with van der Waals surface area (Å²) in [6, 6.07) is 21.0. The lowest BCUT2D eigenvalue weighted by Gasteiger charge is -2.25. The standard InChI is InChI=1S/C30H31N3O3S/c1-3-37(35,36)25-10-7-22(8-11-25)19-32-29(34)33-20-30(14-4-5-15-30)27-17-23(9-13-28(27)33)26-12-6-21(2)16-24(26)18-31/h6-13,16-17H,3-5,14-15,19-20H2,1-2H3,(H,32,34).